The number of phenols is 2. The van der Waals surface area contributed by atoms with Gasteiger partial charge in [0.2, 0.25) is 5.91 Å². The van der Waals surface area contributed by atoms with Crippen LogP contribution < -0.4 is 5.32 Å². The van der Waals surface area contributed by atoms with Gasteiger partial charge in [-0.1, -0.05) is 49.6 Å². The van der Waals surface area contributed by atoms with Crippen molar-refractivity contribution in [3.05, 3.63) is 59.7 Å². The molecule has 1 fully saturated rings. The summed E-state index contributed by atoms with van der Waals surface area (Å²) in [5.74, 6) is 0.0207. The van der Waals surface area contributed by atoms with Crippen LogP contribution >= 0.6 is 0 Å². The Balaban J connectivity index is 1.81. The minimum absolute atomic E-state index is 0.0107. The second kappa shape index (κ2) is 8.06. The van der Waals surface area contributed by atoms with Gasteiger partial charge in [0.25, 0.3) is 0 Å². The Morgan fingerprint density at radius 3 is 2.52 bits per heavy atom. The van der Waals surface area contributed by atoms with E-state index in [4.69, 9.17) is 0 Å². The predicted molar refractivity (Wildman–Crippen MR) is 97.7 cm³/mol. The molecule has 4 nitrogen and oxygen atoms in total. The number of hydrogen-bond donors (Lipinski definition) is 3. The van der Waals surface area contributed by atoms with Gasteiger partial charge in [0, 0.05) is 23.9 Å². The highest BCUT2D eigenvalue weighted by Crippen LogP contribution is 2.35. The quantitative estimate of drug-likeness (QED) is 0.769. The number of carbonyl (C=O) groups is 1. The summed E-state index contributed by atoms with van der Waals surface area (Å²) in [6.07, 6.45) is 5.91. The van der Waals surface area contributed by atoms with E-state index >= 15 is 0 Å². The summed E-state index contributed by atoms with van der Waals surface area (Å²) in [5.41, 5.74) is 1.52. The van der Waals surface area contributed by atoms with Crippen LogP contribution in [0.3, 0.4) is 0 Å². The number of carbonyl (C=O) groups excluding carboxylic acids is 1. The van der Waals surface area contributed by atoms with E-state index in [2.05, 4.69) is 5.32 Å². The van der Waals surface area contributed by atoms with Crippen molar-refractivity contribution in [2.45, 2.75) is 50.5 Å². The highest BCUT2D eigenvalue weighted by atomic mass is 16.3. The maximum absolute atomic E-state index is 12.6. The van der Waals surface area contributed by atoms with Crippen molar-refractivity contribution in [3.63, 3.8) is 0 Å². The molecule has 0 saturated heterocycles. The zero-order valence-corrected chi connectivity index (χ0v) is 14.3. The largest absolute Gasteiger partial charge is 0.508 e. The maximum Gasteiger partial charge on any atom is 0.221 e. The lowest BCUT2D eigenvalue weighted by molar-refractivity contribution is -0.122. The molecular weight excluding hydrogens is 314 g/mol. The topological polar surface area (TPSA) is 69.6 Å². The fraction of sp³-hybridized carbons (Fsp3) is 0.381. The Morgan fingerprint density at radius 2 is 1.80 bits per heavy atom. The molecule has 2 aromatic rings. The van der Waals surface area contributed by atoms with Crippen molar-refractivity contribution in [1.29, 1.82) is 0 Å². The molecule has 3 rings (SSSR count). The number of para-hydroxylation sites is 1. The van der Waals surface area contributed by atoms with Gasteiger partial charge in [-0.3, -0.25) is 4.79 Å². The number of aromatic hydroxyl groups is 2. The van der Waals surface area contributed by atoms with Gasteiger partial charge in [0.05, 0.1) is 0 Å². The Labute approximate surface area is 148 Å². The van der Waals surface area contributed by atoms with Crippen LogP contribution in [0.1, 0.15) is 55.6 Å². The Hall–Kier alpha value is -2.49. The van der Waals surface area contributed by atoms with Crippen LogP contribution in [-0.4, -0.2) is 22.2 Å². The summed E-state index contributed by atoms with van der Waals surface area (Å²) in [6.45, 7) is 0. The molecule has 0 unspecified atom stereocenters. The summed E-state index contributed by atoms with van der Waals surface area (Å²) in [7, 11) is 0. The Bertz CT molecular complexity index is 723. The van der Waals surface area contributed by atoms with Crippen molar-refractivity contribution >= 4 is 5.91 Å². The summed E-state index contributed by atoms with van der Waals surface area (Å²) >= 11 is 0. The molecule has 25 heavy (non-hydrogen) atoms. The maximum atomic E-state index is 12.6. The third-order valence-corrected chi connectivity index (χ3v) is 4.94. The molecule has 2 aromatic carbocycles. The van der Waals surface area contributed by atoms with Crippen LogP contribution in [0.5, 0.6) is 11.5 Å². The van der Waals surface area contributed by atoms with Gasteiger partial charge in [-0.2, -0.15) is 0 Å². The van der Waals surface area contributed by atoms with Crippen LogP contribution in [0.15, 0.2) is 48.5 Å². The number of phenolic OH excluding ortho intramolecular Hbond substituents is 2. The van der Waals surface area contributed by atoms with Crippen LogP contribution in [0, 0.1) is 0 Å². The third-order valence-electron chi connectivity index (χ3n) is 4.94. The Morgan fingerprint density at radius 1 is 1.04 bits per heavy atom. The zero-order chi connectivity index (χ0) is 17.6. The van der Waals surface area contributed by atoms with E-state index in [1.54, 1.807) is 30.3 Å². The van der Waals surface area contributed by atoms with E-state index in [0.717, 1.165) is 18.4 Å². The lowest BCUT2D eigenvalue weighted by atomic mass is 9.87. The van der Waals surface area contributed by atoms with E-state index < -0.39 is 0 Å². The van der Waals surface area contributed by atoms with Gasteiger partial charge >= 0.3 is 0 Å². The van der Waals surface area contributed by atoms with Gasteiger partial charge in [-0.15, -0.1) is 0 Å². The van der Waals surface area contributed by atoms with Crippen molar-refractivity contribution in [3.8, 4) is 11.5 Å². The van der Waals surface area contributed by atoms with Crippen LogP contribution in [0.2, 0.25) is 0 Å². The normalized spacial score (nSPS) is 16.3. The molecule has 0 spiro atoms. The van der Waals surface area contributed by atoms with E-state index in [-0.39, 0.29) is 35.8 Å². The number of benzene rings is 2. The number of nitrogens with one attached hydrogen (secondary N) is 1. The van der Waals surface area contributed by atoms with Crippen molar-refractivity contribution in [2.75, 3.05) is 0 Å². The van der Waals surface area contributed by atoms with Crippen LogP contribution in [0.25, 0.3) is 0 Å². The van der Waals surface area contributed by atoms with E-state index in [1.165, 1.54) is 19.3 Å². The fourth-order valence-electron chi connectivity index (χ4n) is 3.65. The van der Waals surface area contributed by atoms with Gasteiger partial charge in [-0.05, 0) is 36.6 Å². The molecule has 0 aromatic heterocycles. The molecular formula is C21H25NO3. The van der Waals surface area contributed by atoms with E-state index in [1.807, 2.05) is 18.2 Å². The summed E-state index contributed by atoms with van der Waals surface area (Å²) < 4.78 is 0. The average molecular weight is 339 g/mol. The number of hydrogen-bond acceptors (Lipinski definition) is 3. The minimum atomic E-state index is -0.295. The van der Waals surface area contributed by atoms with Crippen molar-refractivity contribution in [2.24, 2.45) is 0 Å². The highest BCUT2D eigenvalue weighted by Gasteiger charge is 2.23. The molecule has 1 amide bonds. The molecule has 132 valence electrons. The summed E-state index contributed by atoms with van der Waals surface area (Å²) in [5, 5.41) is 23.2. The Kier molecular flexibility index (Phi) is 5.59. The SMILES string of the molecule is O=C(C[C@@H](c1cccc(O)c1)c1ccccc1O)NC1CCCCC1. The van der Waals surface area contributed by atoms with Crippen LogP contribution in [0.4, 0.5) is 0 Å². The summed E-state index contributed by atoms with van der Waals surface area (Å²) in [4.78, 5) is 12.6. The lowest BCUT2D eigenvalue weighted by Gasteiger charge is -2.25. The molecule has 1 saturated carbocycles. The number of rotatable bonds is 5. The first-order chi connectivity index (χ1) is 12.1. The van der Waals surface area contributed by atoms with Crippen LogP contribution in [-0.2, 0) is 4.79 Å². The first-order valence-electron chi connectivity index (χ1n) is 8.99. The second-order valence-corrected chi connectivity index (χ2v) is 6.81. The third kappa shape index (κ3) is 4.53. The fourth-order valence-corrected chi connectivity index (χ4v) is 3.65. The minimum Gasteiger partial charge on any atom is -0.508 e. The van der Waals surface area contributed by atoms with E-state index in [9.17, 15) is 15.0 Å². The molecule has 0 heterocycles. The van der Waals surface area contributed by atoms with E-state index in [0.29, 0.717) is 5.56 Å². The molecule has 1 atom stereocenters. The van der Waals surface area contributed by atoms with Gasteiger partial charge < -0.3 is 15.5 Å². The van der Waals surface area contributed by atoms with Crippen molar-refractivity contribution in [1.82, 2.24) is 5.32 Å². The highest BCUT2D eigenvalue weighted by molar-refractivity contribution is 5.78. The zero-order valence-electron chi connectivity index (χ0n) is 14.3. The lowest BCUT2D eigenvalue weighted by Crippen LogP contribution is -2.36. The standard InChI is InChI=1S/C21H25NO3/c23-17-10-6-7-15(13-17)19(18-11-4-5-12-20(18)24)14-21(25)22-16-8-2-1-3-9-16/h4-7,10-13,16,19,23-24H,1-3,8-9,14H2,(H,22,25)/t19-/m0/s1. The predicted octanol–water partition coefficient (Wildman–Crippen LogP) is 4.07. The van der Waals surface area contributed by atoms with Gasteiger partial charge in [0.1, 0.15) is 11.5 Å². The van der Waals surface area contributed by atoms with Crippen molar-refractivity contribution < 1.29 is 15.0 Å². The average Bonchev–Trinajstić information content (AvgIpc) is 2.61. The molecule has 0 aliphatic heterocycles. The monoisotopic (exact) mass is 339 g/mol. The second-order valence-electron chi connectivity index (χ2n) is 6.81. The molecule has 3 N–H and O–H groups in total. The first-order valence-corrected chi connectivity index (χ1v) is 8.99. The smallest absolute Gasteiger partial charge is 0.221 e. The van der Waals surface area contributed by atoms with Gasteiger partial charge in [-0.25, -0.2) is 0 Å². The molecule has 1 aliphatic carbocycles. The first kappa shape index (κ1) is 17.3. The molecule has 1 aliphatic rings. The van der Waals surface area contributed by atoms with Gasteiger partial charge in [0.15, 0.2) is 0 Å². The molecule has 4 heteroatoms. The number of amides is 1. The molecule has 0 radical (unpaired) electrons. The molecule has 0 bridgehead atoms. The summed E-state index contributed by atoms with van der Waals surface area (Å²) in [6, 6.07) is 14.2.